The fourth-order valence-corrected chi connectivity index (χ4v) is 4.38. The minimum absolute atomic E-state index is 0.214. The molecular weight excluding hydrogens is 366 g/mol. The van der Waals surface area contributed by atoms with Gasteiger partial charge in [0.1, 0.15) is 5.75 Å². The zero-order valence-corrected chi connectivity index (χ0v) is 17.9. The Morgan fingerprint density at radius 1 is 1.00 bits per heavy atom. The molecule has 2 amide bonds. The third-order valence-electron chi connectivity index (χ3n) is 6.29. The predicted octanol–water partition coefficient (Wildman–Crippen LogP) is 2.42. The van der Waals surface area contributed by atoms with E-state index in [1.54, 1.807) is 7.11 Å². The van der Waals surface area contributed by atoms with Gasteiger partial charge in [-0.2, -0.15) is 0 Å². The van der Waals surface area contributed by atoms with Gasteiger partial charge in [0.05, 0.1) is 7.11 Å². The van der Waals surface area contributed by atoms with Gasteiger partial charge in [0, 0.05) is 52.1 Å². The van der Waals surface area contributed by atoms with Crippen LogP contribution in [-0.2, 0) is 16.0 Å². The van der Waals surface area contributed by atoms with E-state index >= 15 is 0 Å². The van der Waals surface area contributed by atoms with Gasteiger partial charge < -0.3 is 19.4 Å². The fraction of sp³-hybridized carbons (Fsp3) is 0.652. The Morgan fingerprint density at radius 3 is 2.48 bits per heavy atom. The number of carbonyl (C=O) groups is 2. The highest BCUT2D eigenvalue weighted by Gasteiger charge is 2.25. The smallest absolute Gasteiger partial charge is 0.222 e. The van der Waals surface area contributed by atoms with Crippen LogP contribution in [-0.4, -0.2) is 79.9 Å². The van der Waals surface area contributed by atoms with E-state index in [1.165, 1.54) is 0 Å². The molecule has 0 aliphatic carbocycles. The number of hydrogen-bond donors (Lipinski definition) is 0. The molecule has 2 aliphatic rings. The molecule has 0 radical (unpaired) electrons. The van der Waals surface area contributed by atoms with Crippen molar-refractivity contribution in [2.24, 2.45) is 5.92 Å². The number of aryl methyl sites for hydroxylation is 1. The molecule has 1 aromatic rings. The average molecular weight is 402 g/mol. The Hall–Kier alpha value is -2.08. The summed E-state index contributed by atoms with van der Waals surface area (Å²) in [5.41, 5.74) is 1.08. The Balaban J connectivity index is 1.42. The number of likely N-dealkylation sites (N-methyl/N-ethyl adjacent to an activating group) is 1. The quantitative estimate of drug-likeness (QED) is 0.704. The van der Waals surface area contributed by atoms with Crippen molar-refractivity contribution in [1.29, 1.82) is 0 Å². The molecule has 1 aromatic carbocycles. The number of piperazine rings is 1. The van der Waals surface area contributed by atoms with E-state index in [2.05, 4.69) is 11.9 Å². The minimum Gasteiger partial charge on any atom is -0.496 e. The number of ether oxygens (including phenoxy) is 1. The van der Waals surface area contributed by atoms with Crippen LogP contribution in [0, 0.1) is 5.92 Å². The van der Waals surface area contributed by atoms with E-state index < -0.39 is 0 Å². The van der Waals surface area contributed by atoms with Crippen molar-refractivity contribution >= 4 is 11.8 Å². The summed E-state index contributed by atoms with van der Waals surface area (Å²) in [5.74, 6) is 1.78. The second-order valence-electron chi connectivity index (χ2n) is 8.38. The van der Waals surface area contributed by atoms with Crippen LogP contribution < -0.4 is 4.74 Å². The van der Waals surface area contributed by atoms with Crippen LogP contribution in [0.4, 0.5) is 0 Å². The SMILES string of the molecule is COc1ccccc1CCC(=O)N1CCCC(CCC(=O)N2CCN(C)CC2)C1. The number of methoxy groups -OCH3 is 1. The van der Waals surface area contributed by atoms with Crippen LogP contribution in [0.15, 0.2) is 24.3 Å². The lowest BCUT2D eigenvalue weighted by Gasteiger charge is -2.34. The first-order valence-electron chi connectivity index (χ1n) is 10.9. The Kier molecular flexibility index (Phi) is 7.92. The van der Waals surface area contributed by atoms with E-state index in [4.69, 9.17) is 4.74 Å². The summed E-state index contributed by atoms with van der Waals surface area (Å²) < 4.78 is 5.39. The Labute approximate surface area is 174 Å². The molecule has 0 saturated carbocycles. The first kappa shape index (κ1) is 21.6. The summed E-state index contributed by atoms with van der Waals surface area (Å²) in [7, 11) is 3.77. The average Bonchev–Trinajstić information content (AvgIpc) is 2.76. The van der Waals surface area contributed by atoms with Crippen LogP contribution in [0.1, 0.15) is 37.7 Å². The molecule has 160 valence electrons. The molecule has 2 heterocycles. The van der Waals surface area contributed by atoms with Crippen LogP contribution >= 0.6 is 0 Å². The highest BCUT2D eigenvalue weighted by atomic mass is 16.5. The number of piperidine rings is 1. The number of likely N-dealkylation sites (tertiary alicyclic amines) is 1. The molecular formula is C23H35N3O3. The molecule has 0 N–H and O–H groups in total. The normalized spacial score (nSPS) is 20.6. The van der Waals surface area contributed by atoms with E-state index in [-0.39, 0.29) is 11.8 Å². The van der Waals surface area contributed by atoms with Gasteiger partial charge >= 0.3 is 0 Å². The molecule has 2 aliphatic heterocycles. The third kappa shape index (κ3) is 6.20. The predicted molar refractivity (Wildman–Crippen MR) is 114 cm³/mol. The number of benzene rings is 1. The van der Waals surface area contributed by atoms with Gasteiger partial charge in [-0.15, -0.1) is 0 Å². The summed E-state index contributed by atoms with van der Waals surface area (Å²) in [6.45, 7) is 5.24. The molecule has 1 unspecified atom stereocenters. The second-order valence-corrected chi connectivity index (χ2v) is 8.38. The van der Waals surface area contributed by atoms with Crippen molar-refractivity contribution in [1.82, 2.24) is 14.7 Å². The van der Waals surface area contributed by atoms with Crippen LogP contribution in [0.3, 0.4) is 0 Å². The number of para-hydroxylation sites is 1. The molecule has 0 bridgehead atoms. The zero-order chi connectivity index (χ0) is 20.6. The van der Waals surface area contributed by atoms with Crippen molar-refractivity contribution < 1.29 is 14.3 Å². The zero-order valence-electron chi connectivity index (χ0n) is 17.9. The maximum Gasteiger partial charge on any atom is 0.222 e. The molecule has 3 rings (SSSR count). The highest BCUT2D eigenvalue weighted by molar-refractivity contribution is 5.77. The van der Waals surface area contributed by atoms with Gasteiger partial charge in [-0.1, -0.05) is 18.2 Å². The summed E-state index contributed by atoms with van der Waals surface area (Å²) in [6.07, 6.45) is 4.86. The summed E-state index contributed by atoms with van der Waals surface area (Å²) in [6, 6.07) is 7.89. The van der Waals surface area contributed by atoms with Crippen molar-refractivity contribution in [2.75, 3.05) is 53.4 Å². The van der Waals surface area contributed by atoms with Crippen molar-refractivity contribution in [2.45, 2.75) is 38.5 Å². The summed E-state index contributed by atoms with van der Waals surface area (Å²) in [4.78, 5) is 31.5. The maximum atomic E-state index is 12.7. The fourth-order valence-electron chi connectivity index (χ4n) is 4.38. The number of rotatable bonds is 7. The lowest BCUT2D eigenvalue weighted by Crippen LogP contribution is -2.47. The number of hydrogen-bond acceptors (Lipinski definition) is 4. The van der Waals surface area contributed by atoms with Gasteiger partial charge in [-0.3, -0.25) is 9.59 Å². The van der Waals surface area contributed by atoms with E-state index in [0.717, 1.165) is 69.8 Å². The molecule has 6 nitrogen and oxygen atoms in total. The number of nitrogens with zero attached hydrogens (tertiary/aromatic N) is 3. The number of carbonyl (C=O) groups excluding carboxylic acids is 2. The minimum atomic E-state index is 0.214. The molecule has 1 atom stereocenters. The van der Waals surface area contributed by atoms with Crippen LogP contribution in [0.2, 0.25) is 0 Å². The van der Waals surface area contributed by atoms with E-state index in [9.17, 15) is 9.59 Å². The molecule has 2 fully saturated rings. The van der Waals surface area contributed by atoms with Crippen molar-refractivity contribution in [3.63, 3.8) is 0 Å². The second kappa shape index (κ2) is 10.6. The highest BCUT2D eigenvalue weighted by Crippen LogP contribution is 2.24. The molecule has 29 heavy (non-hydrogen) atoms. The van der Waals surface area contributed by atoms with Gasteiger partial charge in [0.2, 0.25) is 11.8 Å². The first-order valence-corrected chi connectivity index (χ1v) is 10.9. The molecule has 2 saturated heterocycles. The van der Waals surface area contributed by atoms with E-state index in [0.29, 0.717) is 25.2 Å². The maximum absolute atomic E-state index is 12.7. The van der Waals surface area contributed by atoms with Crippen molar-refractivity contribution in [3.05, 3.63) is 29.8 Å². The topological polar surface area (TPSA) is 53.1 Å². The van der Waals surface area contributed by atoms with Gasteiger partial charge in [0.15, 0.2) is 0 Å². The molecule has 6 heteroatoms. The molecule has 0 aromatic heterocycles. The van der Waals surface area contributed by atoms with Crippen LogP contribution in [0.25, 0.3) is 0 Å². The van der Waals surface area contributed by atoms with Gasteiger partial charge in [0.25, 0.3) is 0 Å². The molecule has 0 spiro atoms. The van der Waals surface area contributed by atoms with Crippen LogP contribution in [0.5, 0.6) is 5.75 Å². The monoisotopic (exact) mass is 401 g/mol. The first-order chi connectivity index (χ1) is 14.1. The third-order valence-corrected chi connectivity index (χ3v) is 6.29. The van der Waals surface area contributed by atoms with Gasteiger partial charge in [-0.25, -0.2) is 0 Å². The lowest BCUT2D eigenvalue weighted by atomic mass is 9.92. The standard InChI is InChI=1S/C23H35N3O3/c1-24-14-16-25(17-15-24)22(27)11-9-19-6-5-13-26(18-19)23(28)12-10-20-7-3-4-8-21(20)29-2/h3-4,7-8,19H,5-6,9-18H2,1-2H3. The van der Waals surface area contributed by atoms with Crippen molar-refractivity contribution in [3.8, 4) is 5.75 Å². The van der Waals surface area contributed by atoms with Gasteiger partial charge in [-0.05, 0) is 50.3 Å². The Morgan fingerprint density at radius 2 is 1.72 bits per heavy atom. The Bertz CT molecular complexity index is 686. The largest absolute Gasteiger partial charge is 0.496 e. The van der Waals surface area contributed by atoms with E-state index in [1.807, 2.05) is 34.1 Å². The summed E-state index contributed by atoms with van der Waals surface area (Å²) in [5, 5.41) is 0. The lowest BCUT2D eigenvalue weighted by molar-refractivity contribution is -0.133. The number of amides is 2. The summed E-state index contributed by atoms with van der Waals surface area (Å²) >= 11 is 0.